The van der Waals surface area contributed by atoms with Crippen LogP contribution in [0.15, 0.2) is 30.3 Å². The summed E-state index contributed by atoms with van der Waals surface area (Å²) < 4.78 is 0. The Bertz CT molecular complexity index is 1200. The molecule has 8 heteroatoms. The minimum atomic E-state index is -0.223. The summed E-state index contributed by atoms with van der Waals surface area (Å²) in [6, 6.07) is 8.99. The van der Waals surface area contributed by atoms with Crippen LogP contribution in [0, 0.1) is 0 Å². The van der Waals surface area contributed by atoms with Crippen molar-refractivity contribution >= 4 is 22.7 Å². The second-order valence-corrected chi connectivity index (χ2v) is 8.53. The first-order chi connectivity index (χ1) is 15.5. The predicted octanol–water partition coefficient (Wildman–Crippen LogP) is 2.42. The molecule has 0 radical (unpaired) electrons. The average molecular weight is 434 g/mol. The van der Waals surface area contributed by atoms with E-state index in [1.807, 2.05) is 23.1 Å². The SMILES string of the molecule is CCCc1[nH]nc2cc(O)c(C(=O)N3Cc4ccc(C(=O)N5CCNCC5)cc4C3)cc12. The van der Waals surface area contributed by atoms with Gasteiger partial charge in [-0.1, -0.05) is 19.4 Å². The summed E-state index contributed by atoms with van der Waals surface area (Å²) in [7, 11) is 0. The van der Waals surface area contributed by atoms with Gasteiger partial charge in [0.15, 0.2) is 0 Å². The smallest absolute Gasteiger partial charge is 0.258 e. The van der Waals surface area contributed by atoms with Crippen LogP contribution in [-0.2, 0) is 19.5 Å². The number of nitrogens with zero attached hydrogens (tertiary/aromatic N) is 3. The topological polar surface area (TPSA) is 102 Å². The largest absolute Gasteiger partial charge is 0.507 e. The number of rotatable bonds is 4. The molecule has 3 heterocycles. The maximum absolute atomic E-state index is 13.3. The molecule has 0 bridgehead atoms. The first kappa shape index (κ1) is 20.5. The number of H-pyrrole nitrogens is 1. The van der Waals surface area contributed by atoms with Crippen molar-refractivity contribution in [2.45, 2.75) is 32.9 Å². The number of carbonyl (C=O) groups is 2. The number of piperazine rings is 1. The Morgan fingerprint density at radius 3 is 2.59 bits per heavy atom. The summed E-state index contributed by atoms with van der Waals surface area (Å²) in [4.78, 5) is 29.7. The molecular formula is C24H27N5O3. The summed E-state index contributed by atoms with van der Waals surface area (Å²) in [5.74, 6) is -0.257. The van der Waals surface area contributed by atoms with Crippen molar-refractivity contribution in [3.05, 3.63) is 58.3 Å². The van der Waals surface area contributed by atoms with Gasteiger partial charge in [0.05, 0.1) is 11.1 Å². The number of benzene rings is 2. The number of amides is 2. The van der Waals surface area contributed by atoms with Gasteiger partial charge in [-0.25, -0.2) is 0 Å². The van der Waals surface area contributed by atoms with Crippen LogP contribution in [0.4, 0.5) is 0 Å². The van der Waals surface area contributed by atoms with E-state index in [1.165, 1.54) is 0 Å². The molecule has 2 aliphatic heterocycles. The van der Waals surface area contributed by atoms with Gasteiger partial charge >= 0.3 is 0 Å². The van der Waals surface area contributed by atoms with E-state index in [-0.39, 0.29) is 23.1 Å². The van der Waals surface area contributed by atoms with E-state index >= 15 is 0 Å². The number of hydrogen-bond acceptors (Lipinski definition) is 5. The van der Waals surface area contributed by atoms with Crippen molar-refractivity contribution < 1.29 is 14.7 Å². The van der Waals surface area contributed by atoms with Crippen LogP contribution in [0.1, 0.15) is 50.9 Å². The molecule has 0 atom stereocenters. The van der Waals surface area contributed by atoms with E-state index in [0.29, 0.717) is 37.3 Å². The van der Waals surface area contributed by atoms with Gasteiger partial charge in [0.1, 0.15) is 5.75 Å². The third-order valence-electron chi connectivity index (χ3n) is 6.35. The number of nitrogens with one attached hydrogen (secondary N) is 2. The zero-order valence-electron chi connectivity index (χ0n) is 18.1. The first-order valence-electron chi connectivity index (χ1n) is 11.2. The van der Waals surface area contributed by atoms with E-state index < -0.39 is 0 Å². The van der Waals surface area contributed by atoms with Crippen LogP contribution >= 0.6 is 0 Å². The van der Waals surface area contributed by atoms with E-state index in [0.717, 1.165) is 48.1 Å². The number of carbonyl (C=O) groups excluding carboxylic acids is 2. The van der Waals surface area contributed by atoms with E-state index in [9.17, 15) is 14.7 Å². The monoisotopic (exact) mass is 433 g/mol. The molecule has 3 aromatic rings. The lowest BCUT2D eigenvalue weighted by atomic mass is 10.1. The van der Waals surface area contributed by atoms with Gasteiger partial charge in [0.2, 0.25) is 0 Å². The molecule has 0 spiro atoms. The fourth-order valence-corrected chi connectivity index (χ4v) is 4.60. The predicted molar refractivity (Wildman–Crippen MR) is 121 cm³/mol. The highest BCUT2D eigenvalue weighted by Gasteiger charge is 2.28. The average Bonchev–Trinajstić information content (AvgIpc) is 3.42. The minimum Gasteiger partial charge on any atom is -0.507 e. The van der Waals surface area contributed by atoms with Gasteiger partial charge in [-0.15, -0.1) is 0 Å². The lowest BCUT2D eigenvalue weighted by Crippen LogP contribution is -2.46. The standard InChI is InChI=1S/C24H27N5O3/c1-2-3-20-18-11-19(22(30)12-21(18)27-26-20)24(32)29-13-16-5-4-15(10-17(16)14-29)23(31)28-8-6-25-7-9-28/h4-5,10-12,25,30H,2-3,6-9,13-14H2,1H3,(H,26,27). The molecular weight excluding hydrogens is 406 g/mol. The fourth-order valence-electron chi connectivity index (χ4n) is 4.60. The highest BCUT2D eigenvalue weighted by atomic mass is 16.3. The Morgan fingerprint density at radius 1 is 1.03 bits per heavy atom. The second kappa shape index (κ2) is 8.27. The lowest BCUT2D eigenvalue weighted by molar-refractivity contribution is 0.0734. The second-order valence-electron chi connectivity index (χ2n) is 8.53. The summed E-state index contributed by atoms with van der Waals surface area (Å²) in [5.41, 5.74) is 4.58. The molecule has 8 nitrogen and oxygen atoms in total. The third kappa shape index (κ3) is 3.60. The number of aryl methyl sites for hydroxylation is 1. The highest BCUT2D eigenvalue weighted by molar-refractivity contribution is 6.01. The first-order valence-corrected chi connectivity index (χ1v) is 11.2. The van der Waals surface area contributed by atoms with E-state index in [4.69, 9.17) is 0 Å². The Labute approximate surface area is 186 Å². The van der Waals surface area contributed by atoms with Gasteiger partial charge in [0, 0.05) is 62.0 Å². The molecule has 0 saturated carbocycles. The summed E-state index contributed by atoms with van der Waals surface area (Å²) in [6.45, 7) is 5.99. The Hall–Kier alpha value is -3.39. The number of aromatic amines is 1. The molecule has 0 unspecified atom stereocenters. The molecule has 1 aromatic heterocycles. The zero-order valence-corrected chi connectivity index (χ0v) is 18.1. The van der Waals surface area contributed by atoms with E-state index in [2.05, 4.69) is 22.4 Å². The van der Waals surface area contributed by atoms with Crippen LogP contribution in [0.2, 0.25) is 0 Å². The number of aromatic hydroxyl groups is 1. The van der Waals surface area contributed by atoms with Crippen LogP contribution in [-0.4, -0.2) is 63.1 Å². The maximum atomic E-state index is 13.3. The molecule has 2 aromatic carbocycles. The van der Waals surface area contributed by atoms with Gasteiger partial charge in [0.25, 0.3) is 11.8 Å². The molecule has 32 heavy (non-hydrogen) atoms. The zero-order chi connectivity index (χ0) is 22.2. The van der Waals surface area contributed by atoms with Crippen molar-refractivity contribution in [2.24, 2.45) is 0 Å². The van der Waals surface area contributed by atoms with Gasteiger partial charge in [-0.3, -0.25) is 14.7 Å². The Balaban J connectivity index is 1.37. The van der Waals surface area contributed by atoms with Gasteiger partial charge in [-0.05, 0) is 35.7 Å². The highest BCUT2D eigenvalue weighted by Crippen LogP contribution is 2.31. The molecule has 166 valence electrons. The van der Waals surface area contributed by atoms with Crippen LogP contribution in [0.3, 0.4) is 0 Å². The Kier molecular flexibility index (Phi) is 5.30. The van der Waals surface area contributed by atoms with Crippen molar-refractivity contribution in [3.8, 4) is 5.75 Å². The quantitative estimate of drug-likeness (QED) is 0.587. The molecule has 1 saturated heterocycles. The van der Waals surface area contributed by atoms with Crippen LogP contribution in [0.5, 0.6) is 5.75 Å². The minimum absolute atomic E-state index is 0.0329. The molecule has 3 N–H and O–H groups in total. The van der Waals surface area contributed by atoms with Crippen LogP contribution < -0.4 is 5.32 Å². The van der Waals surface area contributed by atoms with Crippen molar-refractivity contribution in [1.29, 1.82) is 0 Å². The molecule has 1 fully saturated rings. The molecule has 0 aliphatic carbocycles. The van der Waals surface area contributed by atoms with Crippen molar-refractivity contribution in [2.75, 3.05) is 26.2 Å². The van der Waals surface area contributed by atoms with Crippen molar-refractivity contribution in [3.63, 3.8) is 0 Å². The van der Waals surface area contributed by atoms with Crippen LogP contribution in [0.25, 0.3) is 10.9 Å². The lowest BCUT2D eigenvalue weighted by Gasteiger charge is -2.27. The number of phenolic OH excluding ortho intramolecular Hbond substituents is 1. The van der Waals surface area contributed by atoms with Crippen molar-refractivity contribution in [1.82, 2.24) is 25.3 Å². The number of phenols is 1. The molecule has 2 aliphatic rings. The molecule has 5 rings (SSSR count). The number of fused-ring (bicyclic) bond motifs is 2. The third-order valence-corrected chi connectivity index (χ3v) is 6.35. The summed E-state index contributed by atoms with van der Waals surface area (Å²) in [5, 5.41) is 21.9. The van der Waals surface area contributed by atoms with Gasteiger partial charge < -0.3 is 20.2 Å². The summed E-state index contributed by atoms with van der Waals surface area (Å²) in [6.07, 6.45) is 1.78. The van der Waals surface area contributed by atoms with Gasteiger partial charge in [-0.2, -0.15) is 5.10 Å². The normalized spacial score (nSPS) is 15.9. The summed E-state index contributed by atoms with van der Waals surface area (Å²) >= 11 is 0. The van der Waals surface area contributed by atoms with E-state index in [1.54, 1.807) is 17.0 Å². The fraction of sp³-hybridized carbons (Fsp3) is 0.375. The number of hydrogen-bond donors (Lipinski definition) is 3. The number of aromatic nitrogens is 2. The Morgan fingerprint density at radius 2 is 1.81 bits per heavy atom. The maximum Gasteiger partial charge on any atom is 0.258 e. The molecule has 2 amide bonds.